The summed E-state index contributed by atoms with van der Waals surface area (Å²) in [4.78, 5) is 14.7. The molecule has 4 heterocycles. The van der Waals surface area contributed by atoms with E-state index in [0.717, 1.165) is 23.8 Å². The predicted octanol–water partition coefficient (Wildman–Crippen LogP) is 6.30. The van der Waals surface area contributed by atoms with E-state index in [9.17, 15) is 0 Å². The zero-order valence-electron chi connectivity index (χ0n) is 19.6. The van der Waals surface area contributed by atoms with Crippen LogP contribution in [0.1, 0.15) is 25.2 Å². The van der Waals surface area contributed by atoms with Gasteiger partial charge in [0.05, 0.1) is 0 Å². The molecule has 0 bridgehead atoms. The number of aryl methyl sites for hydroxylation is 1. The molecule has 5 heteroatoms. The van der Waals surface area contributed by atoms with Crippen molar-refractivity contribution < 1.29 is 0 Å². The molecule has 2 aromatic carbocycles. The summed E-state index contributed by atoms with van der Waals surface area (Å²) in [6.07, 6.45) is 4.33. The molecular formula is C29H26N4Se. The van der Waals surface area contributed by atoms with Crippen molar-refractivity contribution in [2.45, 2.75) is 26.3 Å². The Balaban J connectivity index is 1.37. The number of hydrogen-bond acceptors (Lipinski definition) is 4. The molecule has 0 saturated carbocycles. The van der Waals surface area contributed by atoms with Gasteiger partial charge in [0.1, 0.15) is 0 Å². The van der Waals surface area contributed by atoms with E-state index in [-0.39, 0.29) is 20.0 Å². The second kappa shape index (κ2) is 8.12. The summed E-state index contributed by atoms with van der Waals surface area (Å²) in [5, 5.41) is 2.59. The minimum absolute atomic E-state index is 0.189. The predicted molar refractivity (Wildman–Crippen MR) is 142 cm³/mol. The van der Waals surface area contributed by atoms with Gasteiger partial charge >= 0.3 is 200 Å². The molecule has 3 aromatic heterocycles. The zero-order valence-corrected chi connectivity index (χ0v) is 21.3. The van der Waals surface area contributed by atoms with Crippen LogP contribution in [0.15, 0.2) is 91.3 Å². The molecular weight excluding hydrogens is 483 g/mol. The first kappa shape index (κ1) is 21.2. The first-order valence-electron chi connectivity index (χ1n) is 11.5. The standard InChI is InChI=1S/C29H26N4Se/c1-20-15-16-23-22-11-7-12-24(27(22)34-28(23)30-20)25-13-8-14-26(31-25)29(2,3)33-18-17-32(19-33)21-9-5-4-6-10-21/h4-18H,19H2,1-3H3. The molecule has 5 aromatic rings. The Morgan fingerprint density at radius 1 is 0.794 bits per heavy atom. The molecule has 0 atom stereocenters. The van der Waals surface area contributed by atoms with E-state index in [1.54, 1.807) is 0 Å². The Morgan fingerprint density at radius 2 is 1.62 bits per heavy atom. The average Bonchev–Trinajstić information content (AvgIpc) is 3.50. The number of para-hydroxylation sites is 1. The molecule has 0 amide bonds. The van der Waals surface area contributed by atoms with E-state index in [0.29, 0.717) is 0 Å². The first-order chi connectivity index (χ1) is 16.5. The van der Waals surface area contributed by atoms with Crippen LogP contribution in [-0.4, -0.2) is 36.0 Å². The number of nitrogens with zero attached hydrogens (tertiary/aromatic N) is 4. The van der Waals surface area contributed by atoms with E-state index in [1.807, 2.05) is 0 Å². The van der Waals surface area contributed by atoms with Gasteiger partial charge in [-0.2, -0.15) is 0 Å². The number of benzene rings is 2. The molecule has 1 aliphatic rings. The normalized spacial score (nSPS) is 14.0. The van der Waals surface area contributed by atoms with E-state index in [1.165, 1.54) is 30.7 Å². The van der Waals surface area contributed by atoms with Gasteiger partial charge in [0.2, 0.25) is 0 Å². The van der Waals surface area contributed by atoms with E-state index in [2.05, 4.69) is 122 Å². The van der Waals surface area contributed by atoms with Gasteiger partial charge in [-0.3, -0.25) is 0 Å². The summed E-state index contributed by atoms with van der Waals surface area (Å²) in [5.74, 6) is 0. The summed E-state index contributed by atoms with van der Waals surface area (Å²) in [6, 6.07) is 27.9. The second-order valence-corrected chi connectivity index (χ2v) is 11.4. The van der Waals surface area contributed by atoms with E-state index in [4.69, 9.17) is 9.97 Å². The van der Waals surface area contributed by atoms with Crippen molar-refractivity contribution >= 4 is 39.6 Å². The first-order valence-corrected chi connectivity index (χ1v) is 13.3. The molecule has 4 nitrogen and oxygen atoms in total. The Morgan fingerprint density at radius 3 is 2.47 bits per heavy atom. The Kier molecular flexibility index (Phi) is 5.05. The number of hydrogen-bond donors (Lipinski definition) is 0. The summed E-state index contributed by atoms with van der Waals surface area (Å²) < 4.78 is 2.62. The third-order valence-electron chi connectivity index (χ3n) is 6.69. The molecule has 168 valence electrons. The monoisotopic (exact) mass is 510 g/mol. The Hall–Kier alpha value is -3.40. The molecule has 0 saturated heterocycles. The molecule has 34 heavy (non-hydrogen) atoms. The van der Waals surface area contributed by atoms with Gasteiger partial charge in [0.15, 0.2) is 0 Å². The van der Waals surface area contributed by atoms with Crippen LogP contribution < -0.4 is 4.90 Å². The van der Waals surface area contributed by atoms with Crippen molar-refractivity contribution in [3.63, 3.8) is 0 Å². The van der Waals surface area contributed by atoms with Crippen molar-refractivity contribution in [2.24, 2.45) is 0 Å². The van der Waals surface area contributed by atoms with Crippen LogP contribution in [0.3, 0.4) is 0 Å². The van der Waals surface area contributed by atoms with Crippen molar-refractivity contribution in [3.05, 3.63) is 103 Å². The molecule has 0 N–H and O–H groups in total. The summed E-state index contributed by atoms with van der Waals surface area (Å²) in [6.45, 7) is 7.37. The fourth-order valence-electron chi connectivity index (χ4n) is 4.62. The van der Waals surface area contributed by atoms with Crippen molar-refractivity contribution in [2.75, 3.05) is 11.6 Å². The van der Waals surface area contributed by atoms with Crippen LogP contribution in [0.5, 0.6) is 0 Å². The third kappa shape index (κ3) is 3.53. The van der Waals surface area contributed by atoms with E-state index < -0.39 is 0 Å². The van der Waals surface area contributed by atoms with Crippen molar-refractivity contribution in [3.8, 4) is 11.3 Å². The summed E-state index contributed by atoms with van der Waals surface area (Å²) >= 11 is 0.189. The van der Waals surface area contributed by atoms with Crippen LogP contribution in [0.2, 0.25) is 0 Å². The maximum atomic E-state index is 5.21. The molecule has 0 fully saturated rings. The van der Waals surface area contributed by atoms with Crippen LogP contribution in [0.25, 0.3) is 30.7 Å². The van der Waals surface area contributed by atoms with Gasteiger partial charge in [-0.1, -0.05) is 6.07 Å². The number of aromatic nitrogens is 2. The minimum atomic E-state index is -0.249. The van der Waals surface area contributed by atoms with Crippen LogP contribution >= 0.6 is 0 Å². The zero-order chi connectivity index (χ0) is 23.3. The molecule has 0 spiro atoms. The van der Waals surface area contributed by atoms with Gasteiger partial charge in [-0.05, 0) is 0 Å². The number of anilines is 1. The second-order valence-electron chi connectivity index (χ2n) is 9.27. The molecule has 6 rings (SSSR count). The van der Waals surface area contributed by atoms with Gasteiger partial charge in [-0.15, -0.1) is 0 Å². The summed E-state index contributed by atoms with van der Waals surface area (Å²) in [5.41, 5.74) is 5.37. The summed E-state index contributed by atoms with van der Waals surface area (Å²) in [7, 11) is 0. The average molecular weight is 510 g/mol. The molecule has 0 aliphatic carbocycles. The van der Waals surface area contributed by atoms with E-state index >= 15 is 0 Å². The molecule has 0 radical (unpaired) electrons. The van der Waals surface area contributed by atoms with Gasteiger partial charge < -0.3 is 0 Å². The SMILES string of the molecule is Cc1ccc2c(n1)[se]c1c(-c3cccc(C(C)(C)N4C=CN(c5ccccc5)C4)n3)cccc12. The fraction of sp³-hybridized carbons (Fsp3) is 0.172. The topological polar surface area (TPSA) is 32.3 Å². The Labute approximate surface area is 205 Å². The number of rotatable bonds is 4. The van der Waals surface area contributed by atoms with Crippen LogP contribution in [-0.2, 0) is 5.54 Å². The third-order valence-corrected chi connectivity index (χ3v) is 9.10. The number of fused-ring (bicyclic) bond motifs is 3. The molecule has 0 unspecified atom stereocenters. The van der Waals surface area contributed by atoms with Crippen molar-refractivity contribution in [1.29, 1.82) is 0 Å². The quantitative estimate of drug-likeness (QED) is 0.266. The van der Waals surface area contributed by atoms with Crippen LogP contribution in [0, 0.1) is 6.92 Å². The number of pyridine rings is 2. The van der Waals surface area contributed by atoms with Gasteiger partial charge in [0.25, 0.3) is 0 Å². The van der Waals surface area contributed by atoms with Gasteiger partial charge in [-0.25, -0.2) is 0 Å². The fourth-order valence-corrected chi connectivity index (χ4v) is 7.22. The maximum absolute atomic E-state index is 5.21. The van der Waals surface area contributed by atoms with Crippen LogP contribution in [0.4, 0.5) is 5.69 Å². The van der Waals surface area contributed by atoms with Gasteiger partial charge in [0, 0.05) is 0 Å². The Bertz CT molecular complexity index is 1530. The van der Waals surface area contributed by atoms with Crippen molar-refractivity contribution in [1.82, 2.24) is 14.9 Å². The molecule has 1 aliphatic heterocycles.